The summed E-state index contributed by atoms with van der Waals surface area (Å²) >= 11 is 0. The number of piperazine rings is 1. The van der Waals surface area contributed by atoms with Crippen molar-refractivity contribution in [2.75, 3.05) is 39.2 Å². The summed E-state index contributed by atoms with van der Waals surface area (Å²) in [6.07, 6.45) is 0.881. The highest BCUT2D eigenvalue weighted by Crippen LogP contribution is 2.24. The van der Waals surface area contributed by atoms with Crippen LogP contribution < -0.4 is 11.3 Å². The van der Waals surface area contributed by atoms with E-state index in [-0.39, 0.29) is 6.04 Å². The third-order valence-corrected chi connectivity index (χ3v) is 3.87. The van der Waals surface area contributed by atoms with Crippen molar-refractivity contribution in [3.8, 4) is 0 Å². The van der Waals surface area contributed by atoms with E-state index in [1.165, 1.54) is 0 Å². The highest BCUT2D eigenvalue weighted by atomic mass is 15.3. The number of likely N-dealkylation sites (N-methyl/N-ethyl adjacent to an activating group) is 2. The molecule has 2 rings (SSSR count). The lowest BCUT2D eigenvalue weighted by Crippen LogP contribution is -2.45. The molecule has 1 saturated heterocycles. The van der Waals surface area contributed by atoms with Gasteiger partial charge in [0.15, 0.2) is 0 Å². The van der Waals surface area contributed by atoms with E-state index in [0.717, 1.165) is 49.0 Å². The van der Waals surface area contributed by atoms with E-state index in [9.17, 15) is 0 Å². The van der Waals surface area contributed by atoms with E-state index >= 15 is 0 Å². The summed E-state index contributed by atoms with van der Waals surface area (Å²) in [5, 5.41) is 0. The smallest absolute Gasteiger partial charge is 0.149 e. The maximum Gasteiger partial charge on any atom is 0.149 e. The topological polar surface area (TPSA) is 70.3 Å². The van der Waals surface area contributed by atoms with E-state index < -0.39 is 0 Å². The van der Waals surface area contributed by atoms with Gasteiger partial charge in [-0.2, -0.15) is 0 Å². The van der Waals surface area contributed by atoms with Crippen LogP contribution in [0, 0.1) is 6.92 Å². The molecule has 0 spiro atoms. The van der Waals surface area contributed by atoms with Gasteiger partial charge >= 0.3 is 0 Å². The number of hydrogen-bond acceptors (Lipinski definition) is 6. The van der Waals surface area contributed by atoms with Gasteiger partial charge in [-0.15, -0.1) is 0 Å². The first-order valence-corrected chi connectivity index (χ1v) is 6.79. The Bertz CT molecular complexity index is 447. The number of aryl methyl sites for hydroxylation is 1. The number of nitrogens with zero attached hydrogens (tertiary/aromatic N) is 4. The third kappa shape index (κ3) is 2.86. The van der Waals surface area contributed by atoms with Gasteiger partial charge in [-0.05, 0) is 27.4 Å². The standard InChI is InChI=1S/C13H24N6/c1-5-10-9(2)15-13(16-12(10)17-14)11-8-18(3)6-7-19(11)4/h11H,5-8,14H2,1-4H3,(H,15,16,17). The highest BCUT2D eigenvalue weighted by Gasteiger charge is 2.27. The minimum atomic E-state index is 0.232. The Hall–Kier alpha value is -1.24. The third-order valence-electron chi connectivity index (χ3n) is 3.87. The van der Waals surface area contributed by atoms with Crippen LogP contribution in [0.5, 0.6) is 0 Å². The van der Waals surface area contributed by atoms with Gasteiger partial charge in [0, 0.05) is 30.9 Å². The van der Waals surface area contributed by atoms with Gasteiger partial charge in [0.05, 0.1) is 6.04 Å². The molecule has 0 aliphatic carbocycles. The molecular formula is C13H24N6. The average Bonchev–Trinajstić information content (AvgIpc) is 2.40. The summed E-state index contributed by atoms with van der Waals surface area (Å²) in [6.45, 7) is 7.18. The Kier molecular flexibility index (Phi) is 4.34. The number of nitrogens with two attached hydrogens (primary N) is 1. The van der Waals surface area contributed by atoms with Crippen molar-refractivity contribution in [1.82, 2.24) is 19.8 Å². The number of rotatable bonds is 3. The van der Waals surface area contributed by atoms with Gasteiger partial charge in [-0.25, -0.2) is 15.8 Å². The molecule has 1 aromatic rings. The van der Waals surface area contributed by atoms with E-state index in [1.54, 1.807) is 0 Å². The summed E-state index contributed by atoms with van der Waals surface area (Å²) < 4.78 is 0. The van der Waals surface area contributed by atoms with Gasteiger partial charge in [0.25, 0.3) is 0 Å². The van der Waals surface area contributed by atoms with Crippen molar-refractivity contribution in [2.45, 2.75) is 26.3 Å². The molecule has 6 heteroatoms. The lowest BCUT2D eigenvalue weighted by molar-refractivity contribution is 0.109. The van der Waals surface area contributed by atoms with Crippen LogP contribution in [0.25, 0.3) is 0 Å². The second-order valence-electron chi connectivity index (χ2n) is 5.25. The summed E-state index contributed by atoms with van der Waals surface area (Å²) in [6, 6.07) is 0.232. The monoisotopic (exact) mass is 264 g/mol. The first-order valence-electron chi connectivity index (χ1n) is 6.79. The Morgan fingerprint density at radius 1 is 1.32 bits per heavy atom. The maximum atomic E-state index is 5.59. The second-order valence-corrected chi connectivity index (χ2v) is 5.25. The number of aromatic nitrogens is 2. The Morgan fingerprint density at radius 2 is 2.05 bits per heavy atom. The average molecular weight is 264 g/mol. The van der Waals surface area contributed by atoms with Gasteiger partial charge in [-0.1, -0.05) is 6.92 Å². The van der Waals surface area contributed by atoms with Crippen LogP contribution in [0.2, 0.25) is 0 Å². The predicted molar refractivity (Wildman–Crippen MR) is 76.8 cm³/mol. The van der Waals surface area contributed by atoms with Gasteiger partial charge in [0.2, 0.25) is 0 Å². The summed E-state index contributed by atoms with van der Waals surface area (Å²) in [5.74, 6) is 7.21. The molecule has 1 unspecified atom stereocenters. The minimum absolute atomic E-state index is 0.232. The minimum Gasteiger partial charge on any atom is -0.308 e. The van der Waals surface area contributed by atoms with Gasteiger partial charge in [0.1, 0.15) is 11.6 Å². The van der Waals surface area contributed by atoms with Crippen molar-refractivity contribution in [3.05, 3.63) is 17.1 Å². The number of hydrazine groups is 1. The maximum absolute atomic E-state index is 5.59. The van der Waals surface area contributed by atoms with Crippen molar-refractivity contribution in [1.29, 1.82) is 0 Å². The zero-order valence-corrected chi connectivity index (χ0v) is 12.3. The van der Waals surface area contributed by atoms with E-state index in [1.807, 2.05) is 6.92 Å². The number of anilines is 1. The number of nitrogens with one attached hydrogen (secondary N) is 1. The molecule has 1 fully saturated rings. The molecule has 1 atom stereocenters. The van der Waals surface area contributed by atoms with Crippen LogP contribution in [0.4, 0.5) is 5.82 Å². The van der Waals surface area contributed by atoms with Crippen molar-refractivity contribution < 1.29 is 0 Å². The highest BCUT2D eigenvalue weighted by molar-refractivity contribution is 5.45. The van der Waals surface area contributed by atoms with Crippen molar-refractivity contribution in [3.63, 3.8) is 0 Å². The molecule has 2 heterocycles. The first-order chi connectivity index (χ1) is 9.06. The van der Waals surface area contributed by atoms with Gasteiger partial charge < -0.3 is 10.3 Å². The summed E-state index contributed by atoms with van der Waals surface area (Å²) in [7, 11) is 4.26. The van der Waals surface area contributed by atoms with Gasteiger partial charge in [-0.3, -0.25) is 4.90 Å². The Morgan fingerprint density at radius 3 is 2.68 bits per heavy atom. The second kappa shape index (κ2) is 5.81. The van der Waals surface area contributed by atoms with Crippen molar-refractivity contribution in [2.24, 2.45) is 5.84 Å². The fourth-order valence-corrected chi connectivity index (χ4v) is 2.60. The fourth-order valence-electron chi connectivity index (χ4n) is 2.60. The van der Waals surface area contributed by atoms with Crippen LogP contribution in [0.15, 0.2) is 0 Å². The van der Waals surface area contributed by atoms with Crippen LogP contribution >= 0.6 is 0 Å². The van der Waals surface area contributed by atoms with E-state index in [4.69, 9.17) is 5.84 Å². The van der Waals surface area contributed by atoms with Crippen molar-refractivity contribution >= 4 is 5.82 Å². The lowest BCUT2D eigenvalue weighted by atomic mass is 10.1. The fraction of sp³-hybridized carbons (Fsp3) is 0.692. The summed E-state index contributed by atoms with van der Waals surface area (Å²) in [4.78, 5) is 13.9. The van der Waals surface area contributed by atoms with E-state index in [0.29, 0.717) is 0 Å². The molecule has 106 valence electrons. The van der Waals surface area contributed by atoms with Crippen LogP contribution in [-0.2, 0) is 6.42 Å². The number of nitrogen functional groups attached to an aromatic ring is 1. The molecule has 0 radical (unpaired) electrons. The number of hydrogen-bond donors (Lipinski definition) is 2. The lowest BCUT2D eigenvalue weighted by Gasteiger charge is -2.36. The molecule has 0 amide bonds. The predicted octanol–water partition coefficient (Wildman–Crippen LogP) is 0.551. The summed E-state index contributed by atoms with van der Waals surface area (Å²) in [5.41, 5.74) is 4.82. The molecule has 1 aliphatic rings. The molecule has 3 N–H and O–H groups in total. The molecule has 19 heavy (non-hydrogen) atoms. The normalized spacial score (nSPS) is 21.6. The van der Waals surface area contributed by atoms with E-state index in [2.05, 4.69) is 46.2 Å². The van der Waals surface area contributed by atoms with Crippen LogP contribution in [0.3, 0.4) is 0 Å². The Labute approximate surface area is 115 Å². The van der Waals surface area contributed by atoms with Crippen LogP contribution in [-0.4, -0.2) is 53.5 Å². The Balaban J connectivity index is 2.36. The molecule has 1 aliphatic heterocycles. The zero-order chi connectivity index (χ0) is 14.0. The molecule has 0 bridgehead atoms. The largest absolute Gasteiger partial charge is 0.308 e. The molecule has 6 nitrogen and oxygen atoms in total. The van der Waals surface area contributed by atoms with Crippen LogP contribution in [0.1, 0.15) is 30.0 Å². The molecule has 0 aromatic carbocycles. The SMILES string of the molecule is CCc1c(C)nc(C2CN(C)CCN2C)nc1NN. The molecule has 0 saturated carbocycles. The molecule has 1 aromatic heterocycles. The molecular weight excluding hydrogens is 240 g/mol. The first kappa shape index (κ1) is 14.2. The quantitative estimate of drug-likeness (QED) is 0.614. The zero-order valence-electron chi connectivity index (χ0n) is 12.3.